The van der Waals surface area contributed by atoms with E-state index in [0.717, 1.165) is 79.5 Å². The molecular weight excluding hydrogens is 478 g/mol. The van der Waals surface area contributed by atoms with Crippen molar-refractivity contribution in [2.24, 2.45) is 0 Å². The number of amides is 1. The van der Waals surface area contributed by atoms with Gasteiger partial charge in [-0.05, 0) is 43.7 Å². The van der Waals surface area contributed by atoms with E-state index in [1.54, 1.807) is 13.3 Å². The van der Waals surface area contributed by atoms with E-state index >= 15 is 0 Å². The first-order chi connectivity index (χ1) is 17.6. The topological polar surface area (TPSA) is 89.6 Å². The van der Waals surface area contributed by atoms with Crippen LogP contribution in [0.15, 0.2) is 30.5 Å². The third-order valence-electron chi connectivity index (χ3n) is 7.26. The number of piperazine rings is 1. The number of carbonyl (C=O) groups excluding carboxylic acids is 1. The van der Waals surface area contributed by atoms with Crippen molar-refractivity contribution < 1.29 is 9.53 Å². The van der Waals surface area contributed by atoms with E-state index in [0.29, 0.717) is 24.2 Å². The molecule has 3 aromatic rings. The average molecular weight is 512 g/mol. The van der Waals surface area contributed by atoms with Crippen LogP contribution in [0.25, 0.3) is 22.6 Å². The van der Waals surface area contributed by atoms with Crippen molar-refractivity contribution in [1.82, 2.24) is 24.8 Å². The van der Waals surface area contributed by atoms with Crippen molar-refractivity contribution in [2.45, 2.75) is 25.8 Å². The van der Waals surface area contributed by atoms with Gasteiger partial charge in [0.05, 0.1) is 16.9 Å². The summed E-state index contributed by atoms with van der Waals surface area (Å²) in [5.74, 6) is 0.816. The highest BCUT2D eigenvalue weighted by atomic mass is 35.5. The Morgan fingerprint density at radius 1 is 1.14 bits per heavy atom. The van der Waals surface area contributed by atoms with Gasteiger partial charge in [-0.2, -0.15) is 0 Å². The van der Waals surface area contributed by atoms with Gasteiger partial charge in [0.25, 0.3) is 0 Å². The van der Waals surface area contributed by atoms with Crippen LogP contribution in [0, 0.1) is 0 Å². The number of carbonyl (C=O) groups is 1. The molecule has 2 fully saturated rings. The first-order valence-corrected chi connectivity index (χ1v) is 13.1. The second kappa shape index (κ2) is 11.0. The Morgan fingerprint density at radius 3 is 2.53 bits per heavy atom. The zero-order valence-electron chi connectivity index (χ0n) is 21.0. The maximum atomic E-state index is 12.1. The van der Waals surface area contributed by atoms with Gasteiger partial charge >= 0.3 is 0 Å². The number of hydrogen-bond acceptors (Lipinski definition) is 7. The normalized spacial score (nSPS) is 17.6. The first-order valence-electron chi connectivity index (χ1n) is 12.7. The lowest BCUT2D eigenvalue weighted by Crippen LogP contribution is -2.49. The number of H-pyrrole nitrogens is 1. The second-order valence-electron chi connectivity index (χ2n) is 9.46. The molecule has 2 aliphatic rings. The lowest BCUT2D eigenvalue weighted by molar-refractivity contribution is -0.135. The number of rotatable bonds is 7. The number of fused-ring (bicyclic) bond motifs is 1. The van der Waals surface area contributed by atoms with Crippen molar-refractivity contribution in [3.05, 3.63) is 35.5 Å². The summed E-state index contributed by atoms with van der Waals surface area (Å²) in [6.45, 7) is 8.64. The smallest absolute Gasteiger partial charge is 0.248 e. The molecule has 2 saturated heterocycles. The molecule has 0 bridgehead atoms. The number of aromatic nitrogens is 3. The summed E-state index contributed by atoms with van der Waals surface area (Å²) < 4.78 is 4.97. The molecule has 9 nitrogen and oxygen atoms in total. The molecule has 5 rings (SSSR count). The molecule has 10 heteroatoms. The van der Waals surface area contributed by atoms with Crippen LogP contribution in [0.4, 0.5) is 11.4 Å². The Balaban J connectivity index is 1.28. The molecule has 2 N–H and O–H groups in total. The molecule has 0 unspecified atom stereocenters. The van der Waals surface area contributed by atoms with Gasteiger partial charge in [0.15, 0.2) is 5.65 Å². The van der Waals surface area contributed by atoms with E-state index in [2.05, 4.69) is 56.3 Å². The summed E-state index contributed by atoms with van der Waals surface area (Å²) >= 11 is 6.56. The van der Waals surface area contributed by atoms with Crippen LogP contribution in [-0.4, -0.2) is 96.2 Å². The minimum absolute atomic E-state index is 0.0476. The lowest BCUT2D eigenvalue weighted by atomic mass is 10.0. The van der Waals surface area contributed by atoms with Crippen molar-refractivity contribution in [1.29, 1.82) is 0 Å². The molecule has 2 aliphatic heterocycles. The largest absolute Gasteiger partial charge is 0.379 e. The third kappa shape index (κ3) is 5.28. The summed E-state index contributed by atoms with van der Waals surface area (Å²) in [5.41, 5.74) is 4.48. The summed E-state index contributed by atoms with van der Waals surface area (Å²) in [6, 6.07) is 8.74. The number of halogens is 1. The SMILES string of the molecule is CCN1CCC(Nc2c(Cl)cnc3[nH]c(-c4ccc(N5CCN(C(=O)COC)CC5)cc4)nc23)CC1. The highest BCUT2D eigenvalue weighted by Crippen LogP contribution is 2.32. The van der Waals surface area contributed by atoms with Gasteiger partial charge in [0.2, 0.25) is 5.91 Å². The van der Waals surface area contributed by atoms with Crippen LogP contribution in [0.3, 0.4) is 0 Å². The molecule has 0 aliphatic carbocycles. The molecule has 36 heavy (non-hydrogen) atoms. The number of anilines is 2. The minimum Gasteiger partial charge on any atom is -0.379 e. The summed E-state index contributed by atoms with van der Waals surface area (Å²) in [6.07, 6.45) is 3.86. The third-order valence-corrected chi connectivity index (χ3v) is 7.54. The summed E-state index contributed by atoms with van der Waals surface area (Å²) in [4.78, 5) is 31.4. The van der Waals surface area contributed by atoms with Crippen LogP contribution in [0.5, 0.6) is 0 Å². The molecule has 0 atom stereocenters. The van der Waals surface area contributed by atoms with E-state index in [-0.39, 0.29) is 12.5 Å². The van der Waals surface area contributed by atoms with Gasteiger partial charge in [0, 0.05) is 63.7 Å². The van der Waals surface area contributed by atoms with Crippen molar-refractivity contribution in [3.8, 4) is 11.4 Å². The zero-order chi connectivity index (χ0) is 25.1. The van der Waals surface area contributed by atoms with E-state index in [4.69, 9.17) is 21.3 Å². The minimum atomic E-state index is 0.0476. The Hall–Kier alpha value is -2.88. The standard InChI is InChI=1S/C26H34ClN7O2/c1-3-32-10-8-19(9-11-32)29-23-21(27)16-28-26-24(23)30-25(31-26)18-4-6-20(7-5-18)33-12-14-34(15-13-33)22(35)17-36-2/h4-7,16,19H,3,8-15,17H2,1-2H3,(H2,28,29,30,31). The Bertz CT molecular complexity index is 1180. The molecule has 4 heterocycles. The molecule has 0 radical (unpaired) electrons. The quantitative estimate of drug-likeness (QED) is 0.502. The molecular formula is C26H34ClN7O2. The number of benzene rings is 1. The molecule has 0 spiro atoms. The molecule has 192 valence electrons. The van der Waals surface area contributed by atoms with Crippen LogP contribution in [-0.2, 0) is 9.53 Å². The first kappa shape index (κ1) is 24.8. The van der Waals surface area contributed by atoms with Crippen LogP contribution in [0.1, 0.15) is 19.8 Å². The number of nitrogens with zero attached hydrogens (tertiary/aromatic N) is 5. The van der Waals surface area contributed by atoms with E-state index in [1.807, 2.05) is 4.90 Å². The second-order valence-corrected chi connectivity index (χ2v) is 9.87. The highest BCUT2D eigenvalue weighted by molar-refractivity contribution is 6.34. The highest BCUT2D eigenvalue weighted by Gasteiger charge is 2.23. The number of likely N-dealkylation sites (tertiary alicyclic amines) is 1. The summed E-state index contributed by atoms with van der Waals surface area (Å²) in [5, 5.41) is 4.24. The molecule has 0 saturated carbocycles. The number of pyridine rings is 1. The average Bonchev–Trinajstić information content (AvgIpc) is 3.36. The van der Waals surface area contributed by atoms with Gasteiger partial charge in [-0.1, -0.05) is 18.5 Å². The van der Waals surface area contributed by atoms with E-state index in [9.17, 15) is 4.79 Å². The van der Waals surface area contributed by atoms with Gasteiger partial charge in [-0.25, -0.2) is 9.97 Å². The maximum absolute atomic E-state index is 12.1. The zero-order valence-corrected chi connectivity index (χ0v) is 21.7. The number of methoxy groups -OCH3 is 1. The van der Waals surface area contributed by atoms with Gasteiger partial charge in [0.1, 0.15) is 17.9 Å². The number of hydrogen-bond donors (Lipinski definition) is 2. The number of ether oxygens (including phenoxy) is 1. The predicted molar refractivity (Wildman–Crippen MR) is 144 cm³/mol. The Labute approximate surface area is 216 Å². The van der Waals surface area contributed by atoms with Crippen molar-refractivity contribution in [2.75, 3.05) is 69.7 Å². The molecule has 1 amide bonds. The van der Waals surface area contributed by atoms with Crippen molar-refractivity contribution >= 4 is 40.0 Å². The Morgan fingerprint density at radius 2 is 1.86 bits per heavy atom. The number of nitrogens with one attached hydrogen (secondary N) is 2. The van der Waals surface area contributed by atoms with Crippen LogP contribution >= 0.6 is 11.6 Å². The predicted octanol–water partition coefficient (Wildman–Crippen LogP) is 3.47. The fourth-order valence-electron chi connectivity index (χ4n) is 5.06. The molecule has 2 aromatic heterocycles. The van der Waals surface area contributed by atoms with Crippen molar-refractivity contribution in [3.63, 3.8) is 0 Å². The number of aromatic amines is 1. The number of piperidine rings is 1. The monoisotopic (exact) mass is 511 g/mol. The fraction of sp³-hybridized carbons (Fsp3) is 0.500. The fourth-order valence-corrected chi connectivity index (χ4v) is 5.25. The molecule has 1 aromatic carbocycles. The lowest BCUT2D eigenvalue weighted by Gasteiger charge is -2.36. The summed E-state index contributed by atoms with van der Waals surface area (Å²) in [7, 11) is 1.55. The van der Waals surface area contributed by atoms with Gasteiger partial charge in [-0.15, -0.1) is 0 Å². The van der Waals surface area contributed by atoms with Gasteiger partial charge < -0.3 is 29.7 Å². The van der Waals surface area contributed by atoms with Gasteiger partial charge in [-0.3, -0.25) is 4.79 Å². The van der Waals surface area contributed by atoms with Crippen LogP contribution in [0.2, 0.25) is 5.02 Å². The van der Waals surface area contributed by atoms with E-state index in [1.165, 1.54) is 0 Å². The van der Waals surface area contributed by atoms with Crippen LogP contribution < -0.4 is 10.2 Å². The maximum Gasteiger partial charge on any atom is 0.248 e. The Kier molecular flexibility index (Phi) is 7.59. The number of imidazole rings is 1. The van der Waals surface area contributed by atoms with E-state index < -0.39 is 0 Å².